The van der Waals surface area contributed by atoms with Gasteiger partial charge in [0.1, 0.15) is 0 Å². The Labute approximate surface area is 142 Å². The SMILES string of the molecule is COc1ccc(CN2CCN(C(=O)c3ccc(C)nc3)CC2)cn1. The molecule has 0 saturated carbocycles. The molecule has 0 aromatic carbocycles. The van der Waals surface area contributed by atoms with E-state index in [1.165, 1.54) is 0 Å². The van der Waals surface area contributed by atoms with Gasteiger partial charge in [-0.3, -0.25) is 14.7 Å². The van der Waals surface area contributed by atoms with E-state index in [1.54, 1.807) is 13.3 Å². The molecule has 0 atom stereocenters. The van der Waals surface area contributed by atoms with Crippen LogP contribution in [0.5, 0.6) is 5.88 Å². The van der Waals surface area contributed by atoms with Gasteiger partial charge in [-0.05, 0) is 24.6 Å². The van der Waals surface area contributed by atoms with E-state index < -0.39 is 0 Å². The fraction of sp³-hybridized carbons (Fsp3) is 0.389. The standard InChI is InChI=1S/C18H22N4O2/c1-14-3-5-16(12-19-14)18(23)22-9-7-21(8-10-22)13-15-4-6-17(24-2)20-11-15/h3-6,11-12H,7-10,13H2,1-2H3. The highest BCUT2D eigenvalue weighted by Crippen LogP contribution is 2.13. The monoisotopic (exact) mass is 326 g/mol. The highest BCUT2D eigenvalue weighted by Gasteiger charge is 2.22. The maximum atomic E-state index is 12.5. The van der Waals surface area contributed by atoms with E-state index in [0.717, 1.165) is 44.0 Å². The molecule has 3 rings (SSSR count). The third-order valence-electron chi connectivity index (χ3n) is 4.23. The molecule has 0 aliphatic carbocycles. The molecule has 0 radical (unpaired) electrons. The van der Waals surface area contributed by atoms with Crippen LogP contribution in [0.15, 0.2) is 36.7 Å². The number of carbonyl (C=O) groups excluding carboxylic acids is 1. The van der Waals surface area contributed by atoms with Crippen LogP contribution in [-0.2, 0) is 6.54 Å². The Morgan fingerprint density at radius 2 is 1.88 bits per heavy atom. The van der Waals surface area contributed by atoms with E-state index >= 15 is 0 Å². The quantitative estimate of drug-likeness (QED) is 0.857. The van der Waals surface area contributed by atoms with Gasteiger partial charge in [0, 0.05) is 56.9 Å². The Morgan fingerprint density at radius 1 is 1.08 bits per heavy atom. The normalized spacial score (nSPS) is 15.3. The molecule has 2 aromatic rings. The van der Waals surface area contributed by atoms with E-state index in [2.05, 4.69) is 14.9 Å². The van der Waals surface area contributed by atoms with Gasteiger partial charge in [-0.15, -0.1) is 0 Å². The Hall–Kier alpha value is -2.47. The Morgan fingerprint density at radius 3 is 2.46 bits per heavy atom. The summed E-state index contributed by atoms with van der Waals surface area (Å²) in [4.78, 5) is 25.2. The molecule has 0 bridgehead atoms. The first-order valence-electron chi connectivity index (χ1n) is 8.09. The molecule has 3 heterocycles. The summed E-state index contributed by atoms with van der Waals surface area (Å²) in [7, 11) is 1.61. The van der Waals surface area contributed by atoms with E-state index in [4.69, 9.17) is 4.74 Å². The number of aryl methyl sites for hydroxylation is 1. The largest absolute Gasteiger partial charge is 0.481 e. The van der Waals surface area contributed by atoms with Crippen LogP contribution in [0.25, 0.3) is 0 Å². The molecule has 6 nitrogen and oxygen atoms in total. The third kappa shape index (κ3) is 3.89. The van der Waals surface area contributed by atoms with E-state index in [-0.39, 0.29) is 5.91 Å². The van der Waals surface area contributed by atoms with Crippen LogP contribution in [0.2, 0.25) is 0 Å². The number of carbonyl (C=O) groups is 1. The van der Waals surface area contributed by atoms with Crippen molar-refractivity contribution in [1.82, 2.24) is 19.8 Å². The van der Waals surface area contributed by atoms with Crippen LogP contribution in [0.3, 0.4) is 0 Å². The smallest absolute Gasteiger partial charge is 0.255 e. The van der Waals surface area contributed by atoms with Gasteiger partial charge in [-0.2, -0.15) is 0 Å². The highest BCUT2D eigenvalue weighted by molar-refractivity contribution is 5.94. The van der Waals surface area contributed by atoms with Crippen molar-refractivity contribution in [3.8, 4) is 5.88 Å². The molecule has 1 saturated heterocycles. The number of aromatic nitrogens is 2. The zero-order valence-electron chi connectivity index (χ0n) is 14.1. The average Bonchev–Trinajstić information content (AvgIpc) is 2.63. The van der Waals surface area contributed by atoms with Gasteiger partial charge in [0.2, 0.25) is 5.88 Å². The number of pyridine rings is 2. The fourth-order valence-corrected chi connectivity index (χ4v) is 2.77. The van der Waals surface area contributed by atoms with Crippen molar-refractivity contribution in [1.29, 1.82) is 0 Å². The van der Waals surface area contributed by atoms with Gasteiger partial charge in [0.05, 0.1) is 12.7 Å². The first-order valence-corrected chi connectivity index (χ1v) is 8.09. The first-order chi connectivity index (χ1) is 11.7. The maximum Gasteiger partial charge on any atom is 0.255 e. The maximum absolute atomic E-state index is 12.5. The lowest BCUT2D eigenvalue weighted by atomic mass is 10.2. The van der Waals surface area contributed by atoms with Gasteiger partial charge in [0.25, 0.3) is 5.91 Å². The number of nitrogens with zero attached hydrogens (tertiary/aromatic N) is 4. The number of rotatable bonds is 4. The van der Waals surface area contributed by atoms with Crippen molar-refractivity contribution >= 4 is 5.91 Å². The van der Waals surface area contributed by atoms with E-state index in [1.807, 2.05) is 42.3 Å². The van der Waals surface area contributed by atoms with Crippen LogP contribution in [0, 0.1) is 6.92 Å². The molecule has 1 aliphatic rings. The van der Waals surface area contributed by atoms with E-state index in [9.17, 15) is 4.79 Å². The number of methoxy groups -OCH3 is 1. The van der Waals surface area contributed by atoms with Crippen molar-refractivity contribution in [2.24, 2.45) is 0 Å². The molecule has 0 N–H and O–H groups in total. The Kier molecular flexibility index (Phi) is 5.05. The van der Waals surface area contributed by atoms with Crippen LogP contribution >= 0.6 is 0 Å². The summed E-state index contributed by atoms with van der Waals surface area (Å²) in [5.74, 6) is 0.689. The summed E-state index contributed by atoms with van der Waals surface area (Å²) in [5.41, 5.74) is 2.73. The molecule has 126 valence electrons. The number of ether oxygens (including phenoxy) is 1. The van der Waals surface area contributed by atoms with Gasteiger partial charge in [-0.25, -0.2) is 4.98 Å². The summed E-state index contributed by atoms with van der Waals surface area (Å²) in [6, 6.07) is 7.63. The minimum absolute atomic E-state index is 0.0632. The lowest BCUT2D eigenvalue weighted by molar-refractivity contribution is 0.0628. The average molecular weight is 326 g/mol. The zero-order chi connectivity index (χ0) is 16.9. The van der Waals surface area contributed by atoms with Crippen molar-refractivity contribution in [2.75, 3.05) is 33.3 Å². The molecule has 1 fully saturated rings. The minimum atomic E-state index is 0.0632. The first kappa shape index (κ1) is 16.4. The van der Waals surface area contributed by atoms with Gasteiger partial charge in [-0.1, -0.05) is 6.07 Å². The summed E-state index contributed by atoms with van der Waals surface area (Å²) >= 11 is 0. The molecule has 1 amide bonds. The fourth-order valence-electron chi connectivity index (χ4n) is 2.77. The Bertz CT molecular complexity index is 677. The molecule has 1 aliphatic heterocycles. The van der Waals surface area contributed by atoms with Crippen LogP contribution < -0.4 is 4.74 Å². The highest BCUT2D eigenvalue weighted by atomic mass is 16.5. The van der Waals surface area contributed by atoms with E-state index in [0.29, 0.717) is 11.4 Å². The second-order valence-corrected chi connectivity index (χ2v) is 5.97. The number of piperazine rings is 1. The molecular formula is C18H22N4O2. The predicted molar refractivity (Wildman–Crippen MR) is 90.9 cm³/mol. The van der Waals surface area contributed by atoms with Crippen LogP contribution in [0.4, 0.5) is 0 Å². The van der Waals surface area contributed by atoms with Crippen molar-refractivity contribution in [3.05, 3.63) is 53.5 Å². The predicted octanol–water partition coefficient (Wildman–Crippen LogP) is 1.75. The number of hydrogen-bond donors (Lipinski definition) is 0. The van der Waals surface area contributed by atoms with Gasteiger partial charge >= 0.3 is 0 Å². The van der Waals surface area contributed by atoms with Gasteiger partial charge in [0.15, 0.2) is 0 Å². The number of amides is 1. The molecule has 2 aromatic heterocycles. The molecule has 0 unspecified atom stereocenters. The lowest BCUT2D eigenvalue weighted by Gasteiger charge is -2.34. The summed E-state index contributed by atoms with van der Waals surface area (Å²) in [5, 5.41) is 0. The topological polar surface area (TPSA) is 58.6 Å². The van der Waals surface area contributed by atoms with Crippen LogP contribution in [-0.4, -0.2) is 59.0 Å². The molecule has 6 heteroatoms. The summed E-state index contributed by atoms with van der Waals surface area (Å²) in [6.45, 7) is 5.94. The van der Waals surface area contributed by atoms with Crippen molar-refractivity contribution in [2.45, 2.75) is 13.5 Å². The molecular weight excluding hydrogens is 304 g/mol. The Balaban J connectivity index is 1.53. The molecule has 24 heavy (non-hydrogen) atoms. The second kappa shape index (κ2) is 7.40. The molecule has 0 spiro atoms. The summed E-state index contributed by atoms with van der Waals surface area (Å²) in [6.07, 6.45) is 3.50. The van der Waals surface area contributed by atoms with Crippen molar-refractivity contribution in [3.63, 3.8) is 0 Å². The van der Waals surface area contributed by atoms with Gasteiger partial charge < -0.3 is 9.64 Å². The zero-order valence-corrected chi connectivity index (χ0v) is 14.1. The third-order valence-corrected chi connectivity index (χ3v) is 4.23. The second-order valence-electron chi connectivity index (χ2n) is 5.97. The van der Waals surface area contributed by atoms with Crippen molar-refractivity contribution < 1.29 is 9.53 Å². The minimum Gasteiger partial charge on any atom is -0.481 e. The van der Waals surface area contributed by atoms with Crippen LogP contribution in [0.1, 0.15) is 21.6 Å². The number of hydrogen-bond acceptors (Lipinski definition) is 5. The lowest BCUT2D eigenvalue weighted by Crippen LogP contribution is -2.48. The summed E-state index contributed by atoms with van der Waals surface area (Å²) < 4.78 is 5.07.